The van der Waals surface area contributed by atoms with E-state index >= 15 is 0 Å². The van der Waals surface area contributed by atoms with Gasteiger partial charge in [-0.05, 0) is 52.1 Å². The molecule has 0 aromatic rings. The molecule has 1 atom stereocenters. The fourth-order valence-corrected chi connectivity index (χ4v) is 1.61. The predicted octanol–water partition coefficient (Wildman–Crippen LogP) is 1.80. The third-order valence-corrected chi connectivity index (χ3v) is 2.87. The Balaban J connectivity index is 2.15. The lowest BCUT2D eigenvalue weighted by molar-refractivity contribution is 0.0109. The zero-order valence-corrected chi connectivity index (χ0v) is 8.52. The summed E-state index contributed by atoms with van der Waals surface area (Å²) in [6, 6.07) is 0. The molecule has 0 aromatic heterocycles. The minimum absolute atomic E-state index is 0.0720. The molecule has 2 heteroatoms. The predicted molar refractivity (Wildman–Crippen MR) is 51.3 cm³/mol. The summed E-state index contributed by atoms with van der Waals surface area (Å²) in [5.41, 5.74) is 0.0720. The van der Waals surface area contributed by atoms with Crippen LogP contribution < -0.4 is 5.32 Å². The summed E-state index contributed by atoms with van der Waals surface area (Å²) in [7, 11) is 1.80. The molecule has 0 spiro atoms. The van der Waals surface area contributed by atoms with Gasteiger partial charge < -0.3 is 10.1 Å². The number of nitrogens with one attached hydrogen (secondary N) is 1. The average Bonchev–Trinajstić information content (AvgIpc) is 2.53. The maximum Gasteiger partial charge on any atom is 0.0622 e. The topological polar surface area (TPSA) is 21.3 Å². The first-order chi connectivity index (χ1) is 5.64. The highest BCUT2D eigenvalue weighted by Crippen LogP contribution is 2.22. The lowest BCUT2D eigenvalue weighted by Crippen LogP contribution is -2.23. The van der Waals surface area contributed by atoms with Crippen LogP contribution >= 0.6 is 0 Å². The molecule has 1 aliphatic rings. The molecule has 1 rings (SSSR count). The Bertz CT molecular complexity index is 128. The molecule has 0 saturated carbocycles. The maximum atomic E-state index is 5.38. The summed E-state index contributed by atoms with van der Waals surface area (Å²) in [6.07, 6.45) is 3.82. The second-order valence-corrected chi connectivity index (χ2v) is 4.36. The first-order valence-electron chi connectivity index (χ1n) is 4.90. The Kier molecular flexibility index (Phi) is 3.53. The number of hydrogen-bond acceptors (Lipinski definition) is 2. The lowest BCUT2D eigenvalue weighted by Gasteiger charge is -2.24. The average molecular weight is 171 g/mol. The van der Waals surface area contributed by atoms with E-state index in [0.29, 0.717) is 0 Å². The minimum atomic E-state index is 0.0720. The van der Waals surface area contributed by atoms with Crippen LogP contribution in [-0.4, -0.2) is 25.8 Å². The van der Waals surface area contributed by atoms with Crippen molar-refractivity contribution in [3.8, 4) is 0 Å². The molecule has 12 heavy (non-hydrogen) atoms. The van der Waals surface area contributed by atoms with E-state index in [1.54, 1.807) is 7.11 Å². The number of rotatable bonds is 4. The number of methoxy groups -OCH3 is 1. The summed E-state index contributed by atoms with van der Waals surface area (Å²) >= 11 is 0. The van der Waals surface area contributed by atoms with Crippen LogP contribution in [0, 0.1) is 5.92 Å². The van der Waals surface area contributed by atoms with Crippen LogP contribution in [0.3, 0.4) is 0 Å². The van der Waals surface area contributed by atoms with Gasteiger partial charge in [-0.2, -0.15) is 0 Å². The zero-order chi connectivity index (χ0) is 9.03. The fraction of sp³-hybridized carbons (Fsp3) is 1.00. The van der Waals surface area contributed by atoms with E-state index in [-0.39, 0.29) is 5.60 Å². The van der Waals surface area contributed by atoms with Crippen LogP contribution in [0.5, 0.6) is 0 Å². The molecule has 1 fully saturated rings. The summed E-state index contributed by atoms with van der Waals surface area (Å²) in [6.45, 7) is 6.74. The largest absolute Gasteiger partial charge is 0.379 e. The molecule has 0 bridgehead atoms. The van der Waals surface area contributed by atoms with E-state index in [4.69, 9.17) is 4.74 Å². The van der Waals surface area contributed by atoms with Gasteiger partial charge >= 0.3 is 0 Å². The van der Waals surface area contributed by atoms with Gasteiger partial charge in [0.2, 0.25) is 0 Å². The minimum Gasteiger partial charge on any atom is -0.379 e. The highest BCUT2D eigenvalue weighted by Gasteiger charge is 2.20. The van der Waals surface area contributed by atoms with Gasteiger partial charge in [0.25, 0.3) is 0 Å². The van der Waals surface area contributed by atoms with E-state index in [2.05, 4.69) is 19.2 Å². The van der Waals surface area contributed by atoms with Gasteiger partial charge in [0, 0.05) is 7.11 Å². The molecule has 1 saturated heterocycles. The van der Waals surface area contributed by atoms with E-state index in [0.717, 1.165) is 5.92 Å². The van der Waals surface area contributed by atoms with Crippen molar-refractivity contribution in [2.45, 2.75) is 38.7 Å². The maximum absolute atomic E-state index is 5.38. The molecule has 0 aliphatic carbocycles. The van der Waals surface area contributed by atoms with Crippen LogP contribution in [-0.2, 0) is 4.74 Å². The quantitative estimate of drug-likeness (QED) is 0.696. The molecule has 1 N–H and O–H groups in total. The van der Waals surface area contributed by atoms with Gasteiger partial charge in [-0.25, -0.2) is 0 Å². The van der Waals surface area contributed by atoms with Crippen LogP contribution in [0.25, 0.3) is 0 Å². The molecule has 0 aromatic carbocycles. The Hall–Kier alpha value is -0.0800. The fourth-order valence-electron chi connectivity index (χ4n) is 1.61. The molecule has 1 heterocycles. The SMILES string of the molecule is COC(C)(C)CCC1CCNC1. The molecular formula is C10H21NO. The van der Waals surface area contributed by atoms with Gasteiger partial charge in [0.1, 0.15) is 0 Å². The second kappa shape index (κ2) is 4.24. The number of ether oxygens (including phenoxy) is 1. The third kappa shape index (κ3) is 3.11. The molecule has 2 nitrogen and oxygen atoms in total. The Morgan fingerprint density at radius 3 is 2.75 bits per heavy atom. The van der Waals surface area contributed by atoms with Crippen LogP contribution in [0.4, 0.5) is 0 Å². The third-order valence-electron chi connectivity index (χ3n) is 2.87. The van der Waals surface area contributed by atoms with Gasteiger partial charge in [0.15, 0.2) is 0 Å². The molecular weight excluding hydrogens is 150 g/mol. The van der Waals surface area contributed by atoms with Crippen molar-refractivity contribution in [1.29, 1.82) is 0 Å². The van der Waals surface area contributed by atoms with Crippen LogP contribution in [0.1, 0.15) is 33.1 Å². The van der Waals surface area contributed by atoms with Crippen molar-refractivity contribution < 1.29 is 4.74 Å². The highest BCUT2D eigenvalue weighted by atomic mass is 16.5. The highest BCUT2D eigenvalue weighted by molar-refractivity contribution is 4.75. The monoisotopic (exact) mass is 171 g/mol. The first kappa shape index (κ1) is 10.0. The van der Waals surface area contributed by atoms with Crippen LogP contribution in [0.2, 0.25) is 0 Å². The Morgan fingerprint density at radius 1 is 1.50 bits per heavy atom. The second-order valence-electron chi connectivity index (χ2n) is 4.36. The standard InChI is InChI=1S/C10H21NO/c1-10(2,12-3)6-4-9-5-7-11-8-9/h9,11H,4-8H2,1-3H3. The van der Waals surface area contributed by atoms with Gasteiger partial charge in [-0.3, -0.25) is 0 Å². The lowest BCUT2D eigenvalue weighted by atomic mass is 9.94. The molecule has 72 valence electrons. The van der Waals surface area contributed by atoms with Crippen molar-refractivity contribution >= 4 is 0 Å². The molecule has 1 unspecified atom stereocenters. The smallest absolute Gasteiger partial charge is 0.0622 e. The first-order valence-corrected chi connectivity index (χ1v) is 4.90. The molecule has 0 radical (unpaired) electrons. The van der Waals surface area contributed by atoms with Crippen molar-refractivity contribution in [2.24, 2.45) is 5.92 Å². The van der Waals surface area contributed by atoms with E-state index < -0.39 is 0 Å². The normalized spacial score (nSPS) is 24.8. The van der Waals surface area contributed by atoms with Crippen molar-refractivity contribution in [2.75, 3.05) is 20.2 Å². The summed E-state index contributed by atoms with van der Waals surface area (Å²) in [5.74, 6) is 0.888. The van der Waals surface area contributed by atoms with Gasteiger partial charge in [-0.15, -0.1) is 0 Å². The van der Waals surface area contributed by atoms with Crippen molar-refractivity contribution in [1.82, 2.24) is 5.32 Å². The van der Waals surface area contributed by atoms with Gasteiger partial charge in [-0.1, -0.05) is 0 Å². The van der Waals surface area contributed by atoms with Gasteiger partial charge in [0.05, 0.1) is 5.60 Å². The molecule has 0 amide bonds. The molecule has 1 aliphatic heterocycles. The summed E-state index contributed by atoms with van der Waals surface area (Å²) in [5, 5.41) is 3.39. The zero-order valence-electron chi connectivity index (χ0n) is 8.52. The summed E-state index contributed by atoms with van der Waals surface area (Å²) < 4.78 is 5.38. The van der Waals surface area contributed by atoms with Crippen molar-refractivity contribution in [3.63, 3.8) is 0 Å². The van der Waals surface area contributed by atoms with E-state index in [9.17, 15) is 0 Å². The summed E-state index contributed by atoms with van der Waals surface area (Å²) in [4.78, 5) is 0. The van der Waals surface area contributed by atoms with E-state index in [1.807, 2.05) is 0 Å². The van der Waals surface area contributed by atoms with Crippen molar-refractivity contribution in [3.05, 3.63) is 0 Å². The number of hydrogen-bond donors (Lipinski definition) is 1. The van der Waals surface area contributed by atoms with Crippen LogP contribution in [0.15, 0.2) is 0 Å². The van der Waals surface area contributed by atoms with E-state index in [1.165, 1.54) is 32.4 Å². The Labute approximate surface area is 75.7 Å². The Morgan fingerprint density at radius 2 is 2.25 bits per heavy atom.